The van der Waals surface area contributed by atoms with Crippen molar-refractivity contribution in [3.8, 4) is 5.75 Å². The number of hydrogen-bond acceptors (Lipinski definition) is 5. The molecule has 0 saturated carbocycles. The number of unbranched alkanes of at least 4 members (excludes halogenated alkanes) is 2. The molecule has 6 nitrogen and oxygen atoms in total. The van der Waals surface area contributed by atoms with Gasteiger partial charge < -0.3 is 19.2 Å². The van der Waals surface area contributed by atoms with Gasteiger partial charge in [-0.25, -0.2) is 0 Å². The van der Waals surface area contributed by atoms with Crippen LogP contribution in [0.5, 0.6) is 5.75 Å². The summed E-state index contributed by atoms with van der Waals surface area (Å²) in [7, 11) is 1.38. The average Bonchev–Trinajstić information content (AvgIpc) is 3.32. The van der Waals surface area contributed by atoms with E-state index in [1.165, 1.54) is 7.11 Å². The fraction of sp³-hybridized carbons (Fsp3) is 0.280. The highest BCUT2D eigenvalue weighted by molar-refractivity contribution is 5.94. The predicted molar refractivity (Wildman–Crippen MR) is 119 cm³/mol. The van der Waals surface area contributed by atoms with Crippen LogP contribution in [0.3, 0.4) is 0 Å². The fourth-order valence-electron chi connectivity index (χ4n) is 3.18. The van der Waals surface area contributed by atoms with Gasteiger partial charge >= 0.3 is 5.97 Å². The van der Waals surface area contributed by atoms with Crippen molar-refractivity contribution in [3.63, 3.8) is 0 Å². The third-order valence-corrected chi connectivity index (χ3v) is 4.88. The summed E-state index contributed by atoms with van der Waals surface area (Å²) >= 11 is 0. The first-order valence-corrected chi connectivity index (χ1v) is 10.3. The smallest absolute Gasteiger partial charge is 0.305 e. The zero-order chi connectivity index (χ0) is 21.9. The zero-order valence-electron chi connectivity index (χ0n) is 17.6. The molecule has 162 valence electrons. The number of ether oxygens (including phenoxy) is 2. The number of rotatable bonds is 11. The molecule has 0 bridgehead atoms. The molecule has 6 heteroatoms. The van der Waals surface area contributed by atoms with E-state index in [2.05, 4.69) is 10.1 Å². The predicted octanol–water partition coefficient (Wildman–Crippen LogP) is 4.79. The summed E-state index contributed by atoms with van der Waals surface area (Å²) in [6.07, 6.45) is 5.96. The van der Waals surface area contributed by atoms with E-state index in [1.54, 1.807) is 12.3 Å². The number of hydrogen-bond donors (Lipinski definition) is 1. The Kier molecular flexibility index (Phi) is 8.29. The molecule has 1 aromatic heterocycles. The Hall–Kier alpha value is -3.54. The molecule has 31 heavy (non-hydrogen) atoms. The average molecular weight is 421 g/mol. The summed E-state index contributed by atoms with van der Waals surface area (Å²) in [5, 5.41) is 4.95. The first-order chi connectivity index (χ1) is 15.2. The molecule has 0 spiro atoms. The number of allylic oxidation sites excluding steroid dienone is 1. The van der Waals surface area contributed by atoms with Crippen LogP contribution in [0.25, 0.3) is 10.8 Å². The van der Waals surface area contributed by atoms with E-state index in [0.717, 1.165) is 22.9 Å². The molecule has 3 aromatic rings. The summed E-state index contributed by atoms with van der Waals surface area (Å²) in [5.74, 6) is 0.985. The Morgan fingerprint density at radius 3 is 2.68 bits per heavy atom. The van der Waals surface area contributed by atoms with Gasteiger partial charge in [-0.1, -0.05) is 42.5 Å². The van der Waals surface area contributed by atoms with Crippen molar-refractivity contribution in [3.05, 3.63) is 78.3 Å². The maximum Gasteiger partial charge on any atom is 0.305 e. The zero-order valence-corrected chi connectivity index (χ0v) is 17.6. The molecular formula is C25H27NO5. The van der Waals surface area contributed by atoms with E-state index in [9.17, 15) is 9.59 Å². The SMILES string of the molecule is COC(=O)CCCC/C=C(\COc1cccc2ccccc12)C(=O)NCc1ccco1. The number of carbonyl (C=O) groups is 2. The summed E-state index contributed by atoms with van der Waals surface area (Å²) < 4.78 is 16.0. The van der Waals surface area contributed by atoms with Gasteiger partial charge in [0.2, 0.25) is 0 Å². The number of nitrogens with one attached hydrogen (secondary N) is 1. The summed E-state index contributed by atoms with van der Waals surface area (Å²) in [4.78, 5) is 24.0. The fourth-order valence-corrected chi connectivity index (χ4v) is 3.18. The third-order valence-electron chi connectivity index (χ3n) is 4.88. The van der Waals surface area contributed by atoms with Crippen LogP contribution in [0, 0.1) is 0 Å². The lowest BCUT2D eigenvalue weighted by atomic mass is 10.1. The van der Waals surface area contributed by atoms with Gasteiger partial charge in [-0.05, 0) is 42.8 Å². The second-order valence-corrected chi connectivity index (χ2v) is 7.08. The minimum absolute atomic E-state index is 0.148. The van der Waals surface area contributed by atoms with E-state index in [0.29, 0.717) is 37.1 Å². The maximum absolute atomic E-state index is 12.8. The van der Waals surface area contributed by atoms with E-state index >= 15 is 0 Å². The molecule has 0 saturated heterocycles. The van der Waals surface area contributed by atoms with Crippen LogP contribution in [-0.2, 0) is 20.9 Å². The number of fused-ring (bicyclic) bond motifs is 1. The lowest BCUT2D eigenvalue weighted by molar-refractivity contribution is -0.140. The third kappa shape index (κ3) is 6.74. The first kappa shape index (κ1) is 22.2. The molecule has 2 aromatic carbocycles. The van der Waals surface area contributed by atoms with Gasteiger partial charge in [-0.2, -0.15) is 0 Å². The molecule has 0 aliphatic rings. The lowest BCUT2D eigenvalue weighted by Crippen LogP contribution is -2.27. The van der Waals surface area contributed by atoms with Crippen molar-refractivity contribution >= 4 is 22.6 Å². The molecular weight excluding hydrogens is 394 g/mol. The van der Waals surface area contributed by atoms with Crippen LogP contribution in [0.2, 0.25) is 0 Å². The topological polar surface area (TPSA) is 77.8 Å². The molecule has 3 rings (SSSR count). The highest BCUT2D eigenvalue weighted by Crippen LogP contribution is 2.25. The number of esters is 1. The van der Waals surface area contributed by atoms with Gasteiger partial charge in [0.1, 0.15) is 18.1 Å². The Bertz CT molecular complexity index is 1020. The summed E-state index contributed by atoms with van der Waals surface area (Å²) in [6.45, 7) is 0.453. The maximum atomic E-state index is 12.8. The van der Waals surface area contributed by atoms with Crippen LogP contribution in [0.15, 0.2) is 76.9 Å². The van der Waals surface area contributed by atoms with Crippen molar-refractivity contribution in [1.82, 2.24) is 5.32 Å². The number of amides is 1. The van der Waals surface area contributed by atoms with Crippen LogP contribution in [0.1, 0.15) is 31.4 Å². The van der Waals surface area contributed by atoms with Crippen molar-refractivity contribution in [2.24, 2.45) is 0 Å². The minimum atomic E-state index is -0.223. The number of benzene rings is 2. The molecule has 0 atom stereocenters. The highest BCUT2D eigenvalue weighted by Gasteiger charge is 2.12. The second-order valence-electron chi connectivity index (χ2n) is 7.08. The molecule has 0 unspecified atom stereocenters. The summed E-state index contributed by atoms with van der Waals surface area (Å²) in [6, 6.07) is 17.4. The second kappa shape index (κ2) is 11.6. The van der Waals surface area contributed by atoms with Gasteiger partial charge in [-0.3, -0.25) is 9.59 Å². The molecule has 0 aliphatic carbocycles. The highest BCUT2D eigenvalue weighted by atomic mass is 16.5. The van der Waals surface area contributed by atoms with Crippen LogP contribution >= 0.6 is 0 Å². The van der Waals surface area contributed by atoms with Gasteiger partial charge in [-0.15, -0.1) is 0 Å². The van der Waals surface area contributed by atoms with Crippen molar-refractivity contribution in [1.29, 1.82) is 0 Å². The largest absolute Gasteiger partial charge is 0.488 e. The minimum Gasteiger partial charge on any atom is -0.488 e. The van der Waals surface area contributed by atoms with Gasteiger partial charge in [0.05, 0.1) is 25.5 Å². The summed E-state index contributed by atoms with van der Waals surface area (Å²) in [5.41, 5.74) is 0.539. The van der Waals surface area contributed by atoms with Crippen LogP contribution in [0.4, 0.5) is 0 Å². The van der Waals surface area contributed by atoms with Crippen molar-refractivity contribution < 1.29 is 23.5 Å². The molecule has 1 amide bonds. The molecule has 0 radical (unpaired) electrons. The van der Waals surface area contributed by atoms with E-state index in [-0.39, 0.29) is 18.5 Å². The Balaban J connectivity index is 1.64. The van der Waals surface area contributed by atoms with Gasteiger partial charge in [0.15, 0.2) is 0 Å². The normalized spacial score (nSPS) is 11.3. The van der Waals surface area contributed by atoms with E-state index in [1.807, 2.05) is 54.6 Å². The number of furan rings is 1. The lowest BCUT2D eigenvalue weighted by Gasteiger charge is -2.12. The molecule has 0 aliphatic heterocycles. The van der Waals surface area contributed by atoms with Crippen molar-refractivity contribution in [2.45, 2.75) is 32.2 Å². The first-order valence-electron chi connectivity index (χ1n) is 10.3. The Labute approximate surface area is 181 Å². The van der Waals surface area contributed by atoms with Crippen LogP contribution in [-0.4, -0.2) is 25.6 Å². The molecule has 1 N–H and O–H groups in total. The quantitative estimate of drug-likeness (QED) is 0.274. The Morgan fingerprint density at radius 2 is 1.87 bits per heavy atom. The Morgan fingerprint density at radius 1 is 1.03 bits per heavy atom. The van der Waals surface area contributed by atoms with E-state index in [4.69, 9.17) is 9.15 Å². The number of methoxy groups -OCH3 is 1. The molecule has 1 heterocycles. The van der Waals surface area contributed by atoms with Crippen LogP contribution < -0.4 is 10.1 Å². The molecule has 0 fully saturated rings. The number of carbonyl (C=O) groups excluding carboxylic acids is 2. The monoisotopic (exact) mass is 421 g/mol. The van der Waals surface area contributed by atoms with Crippen molar-refractivity contribution in [2.75, 3.05) is 13.7 Å². The standard InChI is InChI=1S/C25H27NO5/c1-29-24(27)15-4-2-3-10-20(25(28)26-17-21-12-8-16-30-21)18-31-23-14-7-11-19-9-5-6-13-22(19)23/h5-14,16H,2-4,15,17-18H2,1H3,(H,26,28)/b20-10+. The van der Waals surface area contributed by atoms with Gasteiger partial charge in [0, 0.05) is 11.8 Å². The van der Waals surface area contributed by atoms with E-state index < -0.39 is 0 Å². The van der Waals surface area contributed by atoms with Gasteiger partial charge in [0.25, 0.3) is 5.91 Å².